The Morgan fingerprint density at radius 3 is 1.65 bits per heavy atom. The average Bonchev–Trinajstić information content (AvgIpc) is 2.79. The van der Waals surface area contributed by atoms with Crippen LogP contribution in [0, 0.1) is 0 Å². The molecule has 0 aliphatic carbocycles. The van der Waals surface area contributed by atoms with Crippen molar-refractivity contribution in [3.8, 4) is 11.5 Å². The van der Waals surface area contributed by atoms with Crippen LogP contribution in [0.25, 0.3) is 0 Å². The molecule has 0 radical (unpaired) electrons. The Balaban J connectivity index is 1.93. The monoisotopic (exact) mass is 440 g/mol. The van der Waals surface area contributed by atoms with E-state index in [0.717, 1.165) is 28.3 Å². The first-order valence-corrected chi connectivity index (χ1v) is 11.5. The molecule has 7 heteroatoms. The van der Waals surface area contributed by atoms with E-state index >= 15 is 0 Å². The summed E-state index contributed by atoms with van der Waals surface area (Å²) in [7, 11) is -0.562. The Morgan fingerprint density at radius 1 is 0.806 bits per heavy atom. The van der Waals surface area contributed by atoms with Crippen molar-refractivity contribution in [3.63, 3.8) is 0 Å². The lowest BCUT2D eigenvalue weighted by atomic mass is 10.1. The maximum Gasteiger partial charge on any atom is 0.245 e. The third-order valence-corrected chi connectivity index (χ3v) is 6.80. The summed E-state index contributed by atoms with van der Waals surface area (Å²) in [4.78, 5) is 4.53. The molecular formula is C24H28N2O4S. The first-order chi connectivity index (χ1) is 14.8. The lowest BCUT2D eigenvalue weighted by Gasteiger charge is -2.23. The van der Waals surface area contributed by atoms with Crippen LogP contribution in [0.2, 0.25) is 0 Å². The summed E-state index contributed by atoms with van der Waals surface area (Å²) >= 11 is 0. The molecule has 6 nitrogen and oxygen atoms in total. The Kier molecular flexibility index (Phi) is 7.30. The van der Waals surface area contributed by atoms with Crippen LogP contribution in [-0.2, 0) is 23.1 Å². The van der Waals surface area contributed by atoms with E-state index in [1.807, 2.05) is 62.4 Å². The van der Waals surface area contributed by atoms with Crippen molar-refractivity contribution in [2.45, 2.75) is 37.8 Å². The summed E-state index contributed by atoms with van der Waals surface area (Å²) in [6.07, 6.45) is 1.44. The molecular weight excluding hydrogens is 412 g/mol. The number of sulfonamides is 1. The highest BCUT2D eigenvalue weighted by molar-refractivity contribution is 7.89. The number of rotatable bonds is 9. The molecule has 164 valence electrons. The third kappa shape index (κ3) is 5.62. The molecule has 0 N–H and O–H groups in total. The number of methoxy groups -OCH3 is 2. The van der Waals surface area contributed by atoms with E-state index in [-0.39, 0.29) is 23.9 Å². The summed E-state index contributed by atoms with van der Waals surface area (Å²) in [6.45, 7) is 4.50. The maximum atomic E-state index is 13.5. The van der Waals surface area contributed by atoms with Crippen molar-refractivity contribution in [1.82, 2.24) is 9.29 Å². The molecule has 3 rings (SSSR count). The second-order valence-electron chi connectivity index (χ2n) is 7.54. The molecule has 0 amide bonds. The van der Waals surface area contributed by atoms with Gasteiger partial charge in [-0.2, -0.15) is 4.31 Å². The predicted molar refractivity (Wildman–Crippen MR) is 121 cm³/mol. The standard InChI is InChI=1S/C24H28N2O4S/c1-18(2)24-14-13-23(15-25-24)31(27,28)26(16-19-5-9-21(29-3)10-6-19)17-20-7-11-22(30-4)12-8-20/h5-15,18H,16-17H2,1-4H3. The predicted octanol–water partition coefficient (Wildman–Crippen LogP) is 4.61. The minimum absolute atomic E-state index is 0.180. The number of hydrogen-bond acceptors (Lipinski definition) is 5. The molecule has 0 bridgehead atoms. The van der Waals surface area contributed by atoms with E-state index in [2.05, 4.69) is 4.98 Å². The normalized spacial score (nSPS) is 11.7. The summed E-state index contributed by atoms with van der Waals surface area (Å²) in [5, 5.41) is 0. The molecule has 0 atom stereocenters. The Hall–Kier alpha value is -2.90. The van der Waals surface area contributed by atoms with Gasteiger partial charge in [0, 0.05) is 25.0 Å². The number of nitrogens with zero attached hydrogens (tertiary/aromatic N) is 2. The van der Waals surface area contributed by atoms with Gasteiger partial charge in [-0.05, 0) is 53.4 Å². The van der Waals surface area contributed by atoms with E-state index in [0.29, 0.717) is 0 Å². The van der Waals surface area contributed by atoms with Crippen molar-refractivity contribution in [2.75, 3.05) is 14.2 Å². The van der Waals surface area contributed by atoms with Gasteiger partial charge < -0.3 is 9.47 Å². The molecule has 1 heterocycles. The SMILES string of the molecule is COc1ccc(CN(Cc2ccc(OC)cc2)S(=O)(=O)c2ccc(C(C)C)nc2)cc1. The second-order valence-corrected chi connectivity index (χ2v) is 9.48. The van der Waals surface area contributed by atoms with E-state index < -0.39 is 10.0 Å². The Labute approximate surface area is 184 Å². The van der Waals surface area contributed by atoms with E-state index in [4.69, 9.17) is 9.47 Å². The zero-order valence-corrected chi connectivity index (χ0v) is 19.1. The van der Waals surface area contributed by atoms with Crippen LogP contribution in [0.3, 0.4) is 0 Å². The highest BCUT2D eigenvalue weighted by Gasteiger charge is 2.25. The number of benzene rings is 2. The third-order valence-electron chi connectivity index (χ3n) is 5.02. The second kappa shape index (κ2) is 9.94. The average molecular weight is 441 g/mol. The molecule has 31 heavy (non-hydrogen) atoms. The van der Waals surface area contributed by atoms with Gasteiger partial charge in [0.15, 0.2) is 0 Å². The van der Waals surface area contributed by atoms with Gasteiger partial charge in [0.1, 0.15) is 16.4 Å². The molecule has 1 aromatic heterocycles. The van der Waals surface area contributed by atoms with E-state index in [9.17, 15) is 8.42 Å². The highest BCUT2D eigenvalue weighted by atomic mass is 32.2. The number of pyridine rings is 1. The van der Waals surface area contributed by atoms with Crippen molar-refractivity contribution in [2.24, 2.45) is 0 Å². The van der Waals surface area contributed by atoms with Gasteiger partial charge in [-0.25, -0.2) is 8.42 Å². The molecule has 0 saturated carbocycles. The zero-order valence-electron chi connectivity index (χ0n) is 18.3. The topological polar surface area (TPSA) is 68.7 Å². The molecule has 3 aromatic rings. The lowest BCUT2D eigenvalue weighted by Crippen LogP contribution is -2.30. The molecule has 0 saturated heterocycles. The van der Waals surface area contributed by atoms with Crippen LogP contribution in [0.1, 0.15) is 36.6 Å². The molecule has 0 fully saturated rings. The van der Waals surface area contributed by atoms with Gasteiger partial charge in [-0.1, -0.05) is 38.1 Å². The minimum atomic E-state index is -3.76. The summed E-state index contributed by atoms with van der Waals surface area (Å²) in [5.41, 5.74) is 2.59. The van der Waals surface area contributed by atoms with Crippen LogP contribution < -0.4 is 9.47 Å². The Bertz CT molecular complexity index is 1030. The van der Waals surface area contributed by atoms with Crippen LogP contribution in [0.15, 0.2) is 71.8 Å². The first-order valence-electron chi connectivity index (χ1n) is 10.1. The van der Waals surface area contributed by atoms with Crippen molar-refractivity contribution in [3.05, 3.63) is 83.7 Å². The first kappa shape index (κ1) is 22.8. The smallest absolute Gasteiger partial charge is 0.245 e. The number of hydrogen-bond donors (Lipinski definition) is 0. The van der Waals surface area contributed by atoms with E-state index in [1.54, 1.807) is 26.4 Å². The fraction of sp³-hybridized carbons (Fsp3) is 0.292. The van der Waals surface area contributed by atoms with Crippen LogP contribution in [0.4, 0.5) is 0 Å². The fourth-order valence-electron chi connectivity index (χ4n) is 3.13. The van der Waals surface area contributed by atoms with Crippen LogP contribution in [-0.4, -0.2) is 31.9 Å². The van der Waals surface area contributed by atoms with Crippen molar-refractivity contribution in [1.29, 1.82) is 0 Å². The van der Waals surface area contributed by atoms with Crippen molar-refractivity contribution >= 4 is 10.0 Å². The Morgan fingerprint density at radius 2 is 1.29 bits per heavy atom. The molecule has 0 aliphatic rings. The maximum absolute atomic E-state index is 13.5. The summed E-state index contributed by atoms with van der Waals surface area (Å²) < 4.78 is 38.9. The molecule has 2 aromatic carbocycles. The van der Waals surface area contributed by atoms with Gasteiger partial charge in [0.05, 0.1) is 14.2 Å². The number of aromatic nitrogens is 1. The van der Waals surface area contributed by atoms with Gasteiger partial charge in [0.2, 0.25) is 10.0 Å². The fourth-order valence-corrected chi connectivity index (χ4v) is 4.49. The van der Waals surface area contributed by atoms with Gasteiger partial charge in [-0.3, -0.25) is 4.98 Å². The quantitative estimate of drug-likeness (QED) is 0.486. The molecule has 0 aliphatic heterocycles. The summed E-state index contributed by atoms with van der Waals surface area (Å²) in [6, 6.07) is 18.2. The summed E-state index contributed by atoms with van der Waals surface area (Å²) in [5.74, 6) is 1.68. The van der Waals surface area contributed by atoms with Gasteiger partial charge >= 0.3 is 0 Å². The highest BCUT2D eigenvalue weighted by Crippen LogP contribution is 2.24. The van der Waals surface area contributed by atoms with E-state index in [1.165, 1.54) is 10.5 Å². The largest absolute Gasteiger partial charge is 0.497 e. The van der Waals surface area contributed by atoms with Gasteiger partial charge in [0.25, 0.3) is 0 Å². The lowest BCUT2D eigenvalue weighted by molar-refractivity contribution is 0.397. The molecule has 0 unspecified atom stereocenters. The molecule has 0 spiro atoms. The van der Waals surface area contributed by atoms with Crippen LogP contribution in [0.5, 0.6) is 11.5 Å². The zero-order chi connectivity index (χ0) is 22.4. The minimum Gasteiger partial charge on any atom is -0.497 e. The van der Waals surface area contributed by atoms with Gasteiger partial charge in [-0.15, -0.1) is 0 Å². The van der Waals surface area contributed by atoms with Crippen LogP contribution >= 0.6 is 0 Å². The number of ether oxygens (including phenoxy) is 2. The van der Waals surface area contributed by atoms with Crippen molar-refractivity contribution < 1.29 is 17.9 Å².